The Hall–Kier alpha value is -2.95. The third-order valence-electron chi connectivity index (χ3n) is 4.25. The normalized spacial score (nSPS) is 11.9. The first-order chi connectivity index (χ1) is 12.5. The summed E-state index contributed by atoms with van der Waals surface area (Å²) in [7, 11) is 0. The zero-order chi connectivity index (χ0) is 18.7. The highest BCUT2D eigenvalue weighted by Crippen LogP contribution is 2.30. The van der Waals surface area contributed by atoms with Gasteiger partial charge in [-0.15, -0.1) is 0 Å². The summed E-state index contributed by atoms with van der Waals surface area (Å²) in [5.74, 6) is -0.545. The van der Waals surface area contributed by atoms with Crippen LogP contribution in [0.2, 0.25) is 0 Å². The molecule has 0 N–H and O–H groups in total. The van der Waals surface area contributed by atoms with E-state index in [1.165, 1.54) is 19.4 Å². The van der Waals surface area contributed by atoms with Crippen molar-refractivity contribution in [1.29, 1.82) is 0 Å². The summed E-state index contributed by atoms with van der Waals surface area (Å²) < 4.78 is 2.31. The predicted octanol–water partition coefficient (Wildman–Crippen LogP) is 4.45. The van der Waals surface area contributed by atoms with E-state index in [2.05, 4.69) is 28.8 Å². The van der Waals surface area contributed by atoms with Crippen LogP contribution in [-0.2, 0) is 21.0 Å². The fraction of sp³-hybridized carbons (Fsp3) is 0.286. The molecule has 134 valence electrons. The quantitative estimate of drug-likeness (QED) is 0.375. The van der Waals surface area contributed by atoms with E-state index in [1.54, 1.807) is 0 Å². The summed E-state index contributed by atoms with van der Waals surface area (Å²) in [6.07, 6.45) is 1.16. The first-order valence-corrected chi connectivity index (χ1v) is 8.76. The molecular formula is C21H22N2O3. The van der Waals surface area contributed by atoms with Crippen LogP contribution < -0.4 is 0 Å². The molecule has 0 saturated heterocycles. The van der Waals surface area contributed by atoms with Gasteiger partial charge < -0.3 is 9.40 Å². The third kappa shape index (κ3) is 3.52. The number of hydrogen-bond donors (Lipinski definition) is 0. The second-order valence-electron chi connectivity index (χ2n) is 6.40. The SMILES string of the molecule is CCCn1c2ccccc2c2cc(C(CC(C)=O)=NOC(C)=O)ccc21. The number of benzene rings is 2. The Labute approximate surface area is 152 Å². The van der Waals surface area contributed by atoms with Gasteiger partial charge in [0, 0.05) is 40.8 Å². The minimum Gasteiger partial charge on any atom is -0.340 e. The third-order valence-corrected chi connectivity index (χ3v) is 4.25. The summed E-state index contributed by atoms with van der Waals surface area (Å²) in [5.41, 5.74) is 3.58. The summed E-state index contributed by atoms with van der Waals surface area (Å²) in [4.78, 5) is 27.5. The molecule has 0 atom stereocenters. The number of hydrogen-bond acceptors (Lipinski definition) is 4. The van der Waals surface area contributed by atoms with Crippen molar-refractivity contribution in [2.24, 2.45) is 5.16 Å². The van der Waals surface area contributed by atoms with Crippen LogP contribution >= 0.6 is 0 Å². The Morgan fingerprint density at radius 2 is 1.77 bits per heavy atom. The van der Waals surface area contributed by atoms with Gasteiger partial charge in [0.25, 0.3) is 0 Å². The Morgan fingerprint density at radius 3 is 2.46 bits per heavy atom. The number of rotatable bonds is 6. The number of Topliss-reactive ketones (excluding diaryl/α,β-unsaturated/α-hetero) is 1. The molecule has 0 aliphatic heterocycles. The largest absolute Gasteiger partial charge is 0.340 e. The summed E-state index contributed by atoms with van der Waals surface area (Å²) in [5, 5.41) is 6.17. The highest BCUT2D eigenvalue weighted by Gasteiger charge is 2.14. The summed E-state index contributed by atoms with van der Waals surface area (Å²) >= 11 is 0. The van der Waals surface area contributed by atoms with E-state index in [0.717, 1.165) is 34.8 Å². The summed E-state index contributed by atoms with van der Waals surface area (Å²) in [6, 6.07) is 14.3. The van der Waals surface area contributed by atoms with E-state index < -0.39 is 5.97 Å². The van der Waals surface area contributed by atoms with Crippen LogP contribution in [0, 0.1) is 0 Å². The zero-order valence-electron chi connectivity index (χ0n) is 15.3. The predicted molar refractivity (Wildman–Crippen MR) is 103 cm³/mol. The van der Waals surface area contributed by atoms with Crippen LogP contribution in [-0.4, -0.2) is 22.0 Å². The number of aryl methyl sites for hydroxylation is 1. The minimum absolute atomic E-state index is 0.0376. The average molecular weight is 350 g/mol. The molecular weight excluding hydrogens is 328 g/mol. The van der Waals surface area contributed by atoms with Gasteiger partial charge in [-0.25, -0.2) is 4.79 Å². The number of aromatic nitrogens is 1. The second-order valence-corrected chi connectivity index (χ2v) is 6.40. The van der Waals surface area contributed by atoms with Crippen molar-refractivity contribution in [2.75, 3.05) is 0 Å². The van der Waals surface area contributed by atoms with Crippen molar-refractivity contribution >= 4 is 39.3 Å². The number of oxime groups is 1. The number of ketones is 1. The van der Waals surface area contributed by atoms with Gasteiger partial charge in [-0.1, -0.05) is 36.3 Å². The van der Waals surface area contributed by atoms with E-state index in [0.29, 0.717) is 5.71 Å². The molecule has 0 aliphatic carbocycles. The van der Waals surface area contributed by atoms with Crippen LogP contribution in [0.4, 0.5) is 0 Å². The van der Waals surface area contributed by atoms with Gasteiger partial charge in [-0.05, 0) is 31.5 Å². The molecule has 3 rings (SSSR count). The molecule has 0 spiro atoms. The summed E-state index contributed by atoms with van der Waals surface area (Å²) in [6.45, 7) is 5.88. The Morgan fingerprint density at radius 1 is 1.04 bits per heavy atom. The average Bonchev–Trinajstić information content (AvgIpc) is 2.92. The van der Waals surface area contributed by atoms with Crippen molar-refractivity contribution in [1.82, 2.24) is 4.57 Å². The van der Waals surface area contributed by atoms with Gasteiger partial charge in [0.1, 0.15) is 5.78 Å². The van der Waals surface area contributed by atoms with Crippen LogP contribution in [0.25, 0.3) is 21.8 Å². The minimum atomic E-state index is -0.508. The van der Waals surface area contributed by atoms with Crippen LogP contribution in [0.5, 0.6) is 0 Å². The Balaban J connectivity index is 2.18. The van der Waals surface area contributed by atoms with Crippen LogP contribution in [0.15, 0.2) is 47.6 Å². The molecule has 0 unspecified atom stereocenters. The zero-order valence-corrected chi connectivity index (χ0v) is 15.3. The lowest BCUT2D eigenvalue weighted by molar-refractivity contribution is -0.141. The molecule has 5 nitrogen and oxygen atoms in total. The van der Waals surface area contributed by atoms with Gasteiger partial charge in [0.2, 0.25) is 0 Å². The topological polar surface area (TPSA) is 60.7 Å². The first-order valence-electron chi connectivity index (χ1n) is 8.76. The second kappa shape index (κ2) is 7.52. The van der Waals surface area contributed by atoms with Crippen molar-refractivity contribution in [3.05, 3.63) is 48.0 Å². The standard InChI is InChI=1S/C21H22N2O3/c1-4-11-23-20-8-6-5-7-17(20)18-13-16(9-10-21(18)23)19(12-14(2)24)22-26-15(3)25/h5-10,13H,4,11-12H2,1-3H3. The molecule has 1 heterocycles. The molecule has 0 fully saturated rings. The van der Waals surface area contributed by atoms with E-state index >= 15 is 0 Å². The molecule has 26 heavy (non-hydrogen) atoms. The van der Waals surface area contributed by atoms with Gasteiger partial charge in [0.05, 0.1) is 12.1 Å². The van der Waals surface area contributed by atoms with Crippen LogP contribution in [0.3, 0.4) is 0 Å². The van der Waals surface area contributed by atoms with E-state index in [1.807, 2.05) is 30.3 Å². The maximum Gasteiger partial charge on any atom is 0.331 e. The molecule has 1 aromatic heterocycles. The lowest BCUT2D eigenvalue weighted by Crippen LogP contribution is -2.08. The number of carbonyl (C=O) groups is 2. The molecule has 0 bridgehead atoms. The van der Waals surface area contributed by atoms with E-state index in [-0.39, 0.29) is 12.2 Å². The van der Waals surface area contributed by atoms with Gasteiger partial charge in [0.15, 0.2) is 0 Å². The van der Waals surface area contributed by atoms with Crippen molar-refractivity contribution < 1.29 is 14.4 Å². The highest BCUT2D eigenvalue weighted by molar-refractivity contribution is 6.15. The molecule has 0 aliphatic rings. The van der Waals surface area contributed by atoms with Gasteiger partial charge >= 0.3 is 5.97 Å². The highest BCUT2D eigenvalue weighted by atomic mass is 16.7. The maximum absolute atomic E-state index is 11.6. The fourth-order valence-corrected chi connectivity index (χ4v) is 3.24. The van der Waals surface area contributed by atoms with Crippen LogP contribution in [0.1, 0.15) is 39.2 Å². The Bertz CT molecular complexity index is 1010. The van der Waals surface area contributed by atoms with Crippen molar-refractivity contribution in [3.63, 3.8) is 0 Å². The van der Waals surface area contributed by atoms with Crippen molar-refractivity contribution in [2.45, 2.75) is 40.2 Å². The first kappa shape index (κ1) is 17.9. The maximum atomic E-state index is 11.6. The lowest BCUT2D eigenvalue weighted by Gasteiger charge is -2.07. The molecule has 3 aromatic rings. The molecule has 5 heteroatoms. The molecule has 0 amide bonds. The smallest absolute Gasteiger partial charge is 0.331 e. The van der Waals surface area contributed by atoms with Gasteiger partial charge in [-0.3, -0.25) is 4.79 Å². The number of fused-ring (bicyclic) bond motifs is 3. The number of carbonyl (C=O) groups excluding carboxylic acids is 2. The van der Waals surface area contributed by atoms with E-state index in [4.69, 9.17) is 4.84 Å². The van der Waals surface area contributed by atoms with E-state index in [9.17, 15) is 9.59 Å². The molecule has 2 aromatic carbocycles. The van der Waals surface area contributed by atoms with Crippen molar-refractivity contribution in [3.8, 4) is 0 Å². The lowest BCUT2D eigenvalue weighted by atomic mass is 10.0. The number of para-hydroxylation sites is 1. The Kier molecular flexibility index (Phi) is 5.16. The molecule has 0 saturated carbocycles. The molecule has 0 radical (unpaired) electrons. The number of nitrogens with zero attached hydrogens (tertiary/aromatic N) is 2. The monoisotopic (exact) mass is 350 g/mol. The fourth-order valence-electron chi connectivity index (χ4n) is 3.24. The van der Waals surface area contributed by atoms with Gasteiger partial charge in [-0.2, -0.15) is 0 Å².